The molecule has 0 atom stereocenters. The van der Waals surface area contributed by atoms with Gasteiger partial charge in [0.1, 0.15) is 11.6 Å². The second kappa shape index (κ2) is 4.72. The minimum absolute atomic E-state index is 0.00887. The second-order valence-corrected chi connectivity index (χ2v) is 10.5. The minimum atomic E-state index is -2.03. The Labute approximate surface area is 108 Å². The third-order valence-electron chi connectivity index (χ3n) is 3.35. The number of halogens is 1. The Kier molecular flexibility index (Phi) is 3.86. The molecule has 1 rings (SSSR count). The van der Waals surface area contributed by atoms with E-state index in [2.05, 4.69) is 33.9 Å². The van der Waals surface area contributed by atoms with Crippen molar-refractivity contribution in [3.05, 3.63) is 29.6 Å². The molecule has 0 aromatic heterocycles. The van der Waals surface area contributed by atoms with Gasteiger partial charge in [0.25, 0.3) is 0 Å². The van der Waals surface area contributed by atoms with Gasteiger partial charge in [0.05, 0.1) is 5.56 Å². The molecule has 1 aromatic rings. The lowest BCUT2D eigenvalue weighted by atomic mass is 10.2. The van der Waals surface area contributed by atoms with Crippen molar-refractivity contribution in [2.45, 2.75) is 38.9 Å². The van der Waals surface area contributed by atoms with E-state index < -0.39 is 20.1 Å². The molecule has 1 aromatic carbocycles. The molecule has 0 fully saturated rings. The molecular formula is C13H19FO3Si. The van der Waals surface area contributed by atoms with Gasteiger partial charge in [0.2, 0.25) is 8.32 Å². The highest BCUT2D eigenvalue weighted by atomic mass is 28.4. The number of carbonyl (C=O) groups is 1. The fourth-order valence-corrected chi connectivity index (χ4v) is 2.20. The Morgan fingerprint density at radius 3 is 2.28 bits per heavy atom. The maximum absolute atomic E-state index is 13.5. The van der Waals surface area contributed by atoms with Gasteiger partial charge in [0, 0.05) is 6.07 Å². The zero-order valence-corrected chi connectivity index (χ0v) is 12.4. The van der Waals surface area contributed by atoms with Crippen LogP contribution in [-0.2, 0) is 0 Å². The van der Waals surface area contributed by atoms with E-state index >= 15 is 0 Å². The van der Waals surface area contributed by atoms with Crippen LogP contribution in [0.5, 0.6) is 5.75 Å². The average molecular weight is 270 g/mol. The normalized spacial score (nSPS) is 12.3. The SMILES string of the molecule is CC(C)(C)[Si](C)(C)Oc1ccc(C(=O)O)c(F)c1. The number of carboxylic acids is 1. The van der Waals surface area contributed by atoms with Crippen molar-refractivity contribution >= 4 is 14.3 Å². The average Bonchev–Trinajstić information content (AvgIpc) is 2.14. The third kappa shape index (κ3) is 3.10. The van der Waals surface area contributed by atoms with Crippen molar-refractivity contribution in [2.75, 3.05) is 0 Å². The van der Waals surface area contributed by atoms with Gasteiger partial charge in [-0.05, 0) is 30.3 Å². The first-order valence-electron chi connectivity index (χ1n) is 5.76. The van der Waals surface area contributed by atoms with Crippen LogP contribution >= 0.6 is 0 Å². The van der Waals surface area contributed by atoms with Crippen LogP contribution in [0, 0.1) is 5.82 Å². The van der Waals surface area contributed by atoms with Gasteiger partial charge < -0.3 is 9.53 Å². The van der Waals surface area contributed by atoms with E-state index in [9.17, 15) is 9.18 Å². The molecule has 18 heavy (non-hydrogen) atoms. The maximum Gasteiger partial charge on any atom is 0.338 e. The van der Waals surface area contributed by atoms with Crippen LogP contribution in [-0.4, -0.2) is 19.4 Å². The Balaban J connectivity index is 3.01. The second-order valence-electron chi connectivity index (χ2n) is 5.81. The predicted octanol–water partition coefficient (Wildman–Crippen LogP) is 3.91. The Morgan fingerprint density at radius 2 is 1.89 bits per heavy atom. The largest absolute Gasteiger partial charge is 0.543 e. The molecule has 0 aliphatic rings. The predicted molar refractivity (Wildman–Crippen MR) is 71.2 cm³/mol. The van der Waals surface area contributed by atoms with Gasteiger partial charge in [-0.1, -0.05) is 20.8 Å². The molecule has 5 heteroatoms. The summed E-state index contributed by atoms with van der Waals surface area (Å²) in [7, 11) is -2.03. The lowest BCUT2D eigenvalue weighted by Gasteiger charge is -2.36. The third-order valence-corrected chi connectivity index (χ3v) is 7.71. The number of hydrogen-bond acceptors (Lipinski definition) is 2. The van der Waals surface area contributed by atoms with Gasteiger partial charge in [-0.2, -0.15) is 0 Å². The van der Waals surface area contributed by atoms with Gasteiger partial charge in [-0.25, -0.2) is 9.18 Å². The zero-order chi connectivity index (χ0) is 14.1. The van der Waals surface area contributed by atoms with Crippen LogP contribution in [0.2, 0.25) is 18.1 Å². The molecule has 1 N–H and O–H groups in total. The first-order chi connectivity index (χ1) is 8.04. The number of aromatic carboxylic acids is 1. The number of carboxylic acid groups (broad SMARTS) is 1. The summed E-state index contributed by atoms with van der Waals surface area (Å²) in [5.74, 6) is -1.64. The first kappa shape index (κ1) is 14.7. The summed E-state index contributed by atoms with van der Waals surface area (Å²) in [4.78, 5) is 10.7. The monoisotopic (exact) mass is 270 g/mol. The zero-order valence-electron chi connectivity index (χ0n) is 11.4. The van der Waals surface area contributed by atoms with Crippen LogP contribution in [0.4, 0.5) is 4.39 Å². The number of hydrogen-bond donors (Lipinski definition) is 1. The van der Waals surface area contributed by atoms with Crippen LogP contribution < -0.4 is 4.43 Å². The molecule has 0 spiro atoms. The highest BCUT2D eigenvalue weighted by Gasteiger charge is 2.39. The molecular weight excluding hydrogens is 251 g/mol. The van der Waals surface area contributed by atoms with Crippen molar-refractivity contribution in [3.63, 3.8) is 0 Å². The van der Waals surface area contributed by atoms with E-state index in [-0.39, 0.29) is 10.6 Å². The van der Waals surface area contributed by atoms with Gasteiger partial charge >= 0.3 is 5.97 Å². The van der Waals surface area contributed by atoms with Crippen LogP contribution in [0.15, 0.2) is 18.2 Å². The van der Waals surface area contributed by atoms with E-state index in [1.165, 1.54) is 12.1 Å². The summed E-state index contributed by atoms with van der Waals surface area (Å²) in [6.07, 6.45) is 0. The van der Waals surface area contributed by atoms with Crippen LogP contribution in [0.3, 0.4) is 0 Å². The van der Waals surface area contributed by atoms with E-state index in [1.807, 2.05) is 0 Å². The molecule has 0 heterocycles. The summed E-state index contributed by atoms with van der Waals surface area (Å²) in [5, 5.41) is 8.76. The molecule has 0 bridgehead atoms. The smallest absolute Gasteiger partial charge is 0.338 e. The highest BCUT2D eigenvalue weighted by Crippen LogP contribution is 2.37. The number of benzene rings is 1. The fourth-order valence-electron chi connectivity index (χ4n) is 1.18. The van der Waals surface area contributed by atoms with Gasteiger partial charge in [-0.3, -0.25) is 0 Å². The maximum atomic E-state index is 13.5. The molecule has 0 unspecified atom stereocenters. The standard InChI is InChI=1S/C13H19FO3Si/c1-13(2,3)18(4,5)17-9-6-7-10(12(15)16)11(14)8-9/h6-8H,1-5H3,(H,15,16). The van der Waals surface area contributed by atoms with E-state index in [0.29, 0.717) is 5.75 Å². The van der Waals surface area contributed by atoms with E-state index in [4.69, 9.17) is 9.53 Å². The van der Waals surface area contributed by atoms with Gasteiger partial charge in [-0.15, -0.1) is 0 Å². The molecule has 0 aliphatic carbocycles. The first-order valence-corrected chi connectivity index (χ1v) is 8.67. The molecule has 100 valence electrons. The van der Waals surface area contributed by atoms with E-state index in [0.717, 1.165) is 6.07 Å². The summed E-state index contributed by atoms with van der Waals surface area (Å²) in [6, 6.07) is 3.89. The summed E-state index contributed by atoms with van der Waals surface area (Å²) < 4.78 is 19.4. The molecule has 0 saturated carbocycles. The lowest BCUT2D eigenvalue weighted by Crippen LogP contribution is -2.43. The van der Waals surface area contributed by atoms with Crippen molar-refractivity contribution in [3.8, 4) is 5.75 Å². The number of rotatable bonds is 3. The Bertz CT molecular complexity index is 464. The van der Waals surface area contributed by atoms with Crippen LogP contribution in [0.25, 0.3) is 0 Å². The lowest BCUT2D eigenvalue weighted by molar-refractivity contribution is 0.0692. The van der Waals surface area contributed by atoms with E-state index in [1.54, 1.807) is 0 Å². The summed E-state index contributed by atoms with van der Waals surface area (Å²) >= 11 is 0. The van der Waals surface area contributed by atoms with Crippen molar-refractivity contribution in [1.82, 2.24) is 0 Å². The Hall–Kier alpha value is -1.36. The van der Waals surface area contributed by atoms with Crippen molar-refractivity contribution < 1.29 is 18.7 Å². The minimum Gasteiger partial charge on any atom is -0.543 e. The quantitative estimate of drug-likeness (QED) is 0.847. The topological polar surface area (TPSA) is 46.5 Å². The fraction of sp³-hybridized carbons (Fsp3) is 0.462. The highest BCUT2D eigenvalue weighted by molar-refractivity contribution is 6.74. The van der Waals surface area contributed by atoms with Gasteiger partial charge in [0.15, 0.2) is 0 Å². The van der Waals surface area contributed by atoms with Crippen LogP contribution in [0.1, 0.15) is 31.1 Å². The Morgan fingerprint density at radius 1 is 1.33 bits per heavy atom. The van der Waals surface area contributed by atoms with Crippen molar-refractivity contribution in [1.29, 1.82) is 0 Å². The molecule has 0 aliphatic heterocycles. The van der Waals surface area contributed by atoms with Crippen molar-refractivity contribution in [2.24, 2.45) is 0 Å². The molecule has 3 nitrogen and oxygen atoms in total. The summed E-state index contributed by atoms with van der Waals surface area (Å²) in [6.45, 7) is 10.4. The molecule has 0 amide bonds. The summed E-state index contributed by atoms with van der Waals surface area (Å²) in [5.41, 5.74) is -0.336. The molecule has 0 radical (unpaired) electrons. The molecule has 0 saturated heterocycles.